The molecule has 1 aromatic heterocycles. The number of nitrogens with one attached hydrogen (secondary N) is 2. The van der Waals surface area contributed by atoms with E-state index in [2.05, 4.69) is 9.71 Å². The number of carboxylic acid groups (broad SMARTS) is 1. The van der Waals surface area contributed by atoms with Gasteiger partial charge in [0.1, 0.15) is 6.04 Å². The lowest BCUT2D eigenvalue weighted by Gasteiger charge is -2.16. The van der Waals surface area contributed by atoms with Crippen LogP contribution in [0.5, 0.6) is 0 Å². The summed E-state index contributed by atoms with van der Waals surface area (Å²) in [4.78, 5) is 14.9. The molecular weight excluding hydrogens is 376 g/mol. The first-order valence-corrected chi connectivity index (χ1v) is 10.2. The highest BCUT2D eigenvalue weighted by Crippen LogP contribution is 2.24. The second-order valence-electron chi connectivity index (χ2n) is 6.55. The topological polar surface area (TPSA) is 99.3 Å². The number of aliphatic carboxylic acids is 1. The number of benzene rings is 3. The summed E-state index contributed by atoms with van der Waals surface area (Å²) in [6, 6.07) is 18.2. The average Bonchev–Trinajstić information content (AvgIpc) is 3.10. The predicted octanol–water partition coefficient (Wildman–Crippen LogP) is 3.30. The highest BCUT2D eigenvalue weighted by molar-refractivity contribution is 7.89. The smallest absolute Gasteiger partial charge is 0.322 e. The first-order chi connectivity index (χ1) is 13.5. The zero-order valence-electron chi connectivity index (χ0n) is 14.8. The van der Waals surface area contributed by atoms with Crippen LogP contribution in [-0.4, -0.2) is 30.5 Å². The van der Waals surface area contributed by atoms with Gasteiger partial charge in [-0.05, 0) is 23.1 Å². The van der Waals surface area contributed by atoms with Crippen LogP contribution in [0.2, 0.25) is 0 Å². The number of para-hydroxylation sites is 1. The Labute approximate surface area is 161 Å². The molecule has 0 aliphatic heterocycles. The van der Waals surface area contributed by atoms with Gasteiger partial charge in [0, 0.05) is 28.9 Å². The van der Waals surface area contributed by atoms with E-state index in [9.17, 15) is 18.3 Å². The molecule has 7 heteroatoms. The van der Waals surface area contributed by atoms with E-state index in [1.165, 1.54) is 6.07 Å². The van der Waals surface area contributed by atoms with Gasteiger partial charge in [0.05, 0.1) is 4.90 Å². The van der Waals surface area contributed by atoms with Gasteiger partial charge in [0.2, 0.25) is 10.0 Å². The van der Waals surface area contributed by atoms with Gasteiger partial charge in [-0.1, -0.05) is 54.6 Å². The second-order valence-corrected chi connectivity index (χ2v) is 8.24. The molecule has 4 aromatic rings. The Morgan fingerprint density at radius 2 is 1.64 bits per heavy atom. The first kappa shape index (κ1) is 18.2. The Balaban J connectivity index is 1.68. The lowest BCUT2D eigenvalue weighted by atomic mass is 10.1. The number of aromatic nitrogens is 1. The van der Waals surface area contributed by atoms with Gasteiger partial charge in [-0.25, -0.2) is 8.42 Å². The van der Waals surface area contributed by atoms with Crippen LogP contribution in [0.4, 0.5) is 0 Å². The molecule has 0 saturated carbocycles. The van der Waals surface area contributed by atoms with Crippen molar-refractivity contribution in [3.8, 4) is 0 Å². The first-order valence-electron chi connectivity index (χ1n) is 8.73. The van der Waals surface area contributed by atoms with Crippen LogP contribution in [0.25, 0.3) is 21.7 Å². The zero-order chi connectivity index (χ0) is 19.7. The summed E-state index contributed by atoms with van der Waals surface area (Å²) < 4.78 is 28.3. The molecule has 3 N–H and O–H groups in total. The minimum atomic E-state index is -4.03. The summed E-state index contributed by atoms with van der Waals surface area (Å²) in [5.41, 5.74) is 1.61. The lowest BCUT2D eigenvalue weighted by Crippen LogP contribution is -2.42. The normalized spacial score (nSPS) is 13.0. The number of hydrogen-bond donors (Lipinski definition) is 3. The Bertz CT molecular complexity index is 1270. The van der Waals surface area contributed by atoms with Crippen molar-refractivity contribution < 1.29 is 18.3 Å². The molecule has 0 saturated heterocycles. The number of rotatable bonds is 6. The van der Waals surface area contributed by atoms with Crippen LogP contribution in [0, 0.1) is 0 Å². The minimum Gasteiger partial charge on any atom is -0.480 e. The molecule has 1 atom stereocenters. The molecule has 6 nitrogen and oxygen atoms in total. The standard InChI is InChI=1S/C21H18N2O4S/c24-21(25)19(12-15-13-22-18-10-4-3-8-16(15)18)23-28(26,27)20-11-5-7-14-6-1-2-9-17(14)20/h1-11,13,19,22-23H,12H2,(H,24,25)/t19-/m0/s1. The highest BCUT2D eigenvalue weighted by atomic mass is 32.2. The van der Waals surface area contributed by atoms with Crippen molar-refractivity contribution in [2.45, 2.75) is 17.4 Å². The van der Waals surface area contributed by atoms with Crippen LogP contribution in [0.3, 0.4) is 0 Å². The fraction of sp³-hybridized carbons (Fsp3) is 0.0952. The van der Waals surface area contributed by atoms with Crippen LogP contribution >= 0.6 is 0 Å². The number of hydrogen-bond acceptors (Lipinski definition) is 3. The van der Waals surface area contributed by atoms with Gasteiger partial charge >= 0.3 is 5.97 Å². The molecular formula is C21H18N2O4S. The van der Waals surface area contributed by atoms with E-state index in [0.717, 1.165) is 21.9 Å². The molecule has 0 aliphatic rings. The van der Waals surface area contributed by atoms with Gasteiger partial charge in [-0.3, -0.25) is 4.79 Å². The quantitative estimate of drug-likeness (QED) is 0.467. The number of carboxylic acids is 1. The molecule has 0 spiro atoms. The van der Waals surface area contributed by atoms with E-state index in [4.69, 9.17) is 0 Å². The molecule has 142 valence electrons. The fourth-order valence-corrected chi connectivity index (χ4v) is 4.80. The average molecular weight is 394 g/mol. The summed E-state index contributed by atoms with van der Waals surface area (Å²) in [7, 11) is -4.03. The summed E-state index contributed by atoms with van der Waals surface area (Å²) in [6.07, 6.45) is 1.75. The lowest BCUT2D eigenvalue weighted by molar-refractivity contribution is -0.138. The van der Waals surface area contributed by atoms with E-state index in [1.54, 1.807) is 24.4 Å². The van der Waals surface area contributed by atoms with E-state index >= 15 is 0 Å². The summed E-state index contributed by atoms with van der Waals surface area (Å²) >= 11 is 0. The second kappa shape index (κ2) is 7.10. The number of H-pyrrole nitrogens is 1. The number of carbonyl (C=O) groups is 1. The molecule has 3 aromatic carbocycles. The molecule has 0 fully saturated rings. The third-order valence-corrected chi connectivity index (χ3v) is 6.26. The van der Waals surface area contributed by atoms with Crippen molar-refractivity contribution in [1.29, 1.82) is 0 Å². The van der Waals surface area contributed by atoms with Gasteiger partial charge < -0.3 is 10.1 Å². The Kier molecular flexibility index (Phi) is 4.62. The Morgan fingerprint density at radius 3 is 2.43 bits per heavy atom. The highest BCUT2D eigenvalue weighted by Gasteiger charge is 2.27. The third-order valence-electron chi connectivity index (χ3n) is 4.73. The van der Waals surface area contributed by atoms with Crippen molar-refractivity contribution in [1.82, 2.24) is 9.71 Å². The molecule has 0 bridgehead atoms. The van der Waals surface area contributed by atoms with Crippen molar-refractivity contribution in [2.75, 3.05) is 0 Å². The van der Waals surface area contributed by atoms with Gasteiger partial charge in [0.15, 0.2) is 0 Å². The van der Waals surface area contributed by atoms with Crippen molar-refractivity contribution in [3.05, 3.63) is 78.5 Å². The van der Waals surface area contributed by atoms with E-state index in [-0.39, 0.29) is 11.3 Å². The minimum absolute atomic E-state index is 0.0311. The van der Waals surface area contributed by atoms with E-state index in [0.29, 0.717) is 5.39 Å². The maximum Gasteiger partial charge on any atom is 0.322 e. The van der Waals surface area contributed by atoms with E-state index in [1.807, 2.05) is 42.5 Å². The molecule has 1 heterocycles. The van der Waals surface area contributed by atoms with Crippen LogP contribution in [0.15, 0.2) is 77.8 Å². The van der Waals surface area contributed by atoms with Crippen LogP contribution in [-0.2, 0) is 21.2 Å². The van der Waals surface area contributed by atoms with Crippen LogP contribution < -0.4 is 4.72 Å². The van der Waals surface area contributed by atoms with Gasteiger partial charge in [0.25, 0.3) is 0 Å². The maximum atomic E-state index is 13.0. The zero-order valence-corrected chi connectivity index (χ0v) is 15.6. The van der Waals surface area contributed by atoms with Gasteiger partial charge in [-0.2, -0.15) is 4.72 Å². The molecule has 28 heavy (non-hydrogen) atoms. The fourth-order valence-electron chi connectivity index (χ4n) is 3.38. The summed E-state index contributed by atoms with van der Waals surface area (Å²) in [5, 5.41) is 11.8. The maximum absolute atomic E-state index is 13.0. The molecule has 0 radical (unpaired) electrons. The predicted molar refractivity (Wildman–Crippen MR) is 108 cm³/mol. The molecule has 0 aliphatic carbocycles. The van der Waals surface area contributed by atoms with Crippen molar-refractivity contribution in [2.24, 2.45) is 0 Å². The summed E-state index contributed by atoms with van der Waals surface area (Å²) in [6.45, 7) is 0. The number of sulfonamides is 1. The number of fused-ring (bicyclic) bond motifs is 2. The summed E-state index contributed by atoms with van der Waals surface area (Å²) in [5.74, 6) is -1.23. The number of aromatic amines is 1. The SMILES string of the molecule is O=C(O)[C@H](Cc1c[nH]c2ccccc12)NS(=O)(=O)c1cccc2ccccc12. The molecule has 0 amide bonds. The largest absolute Gasteiger partial charge is 0.480 e. The van der Waals surface area contributed by atoms with Crippen molar-refractivity contribution >= 4 is 37.7 Å². The van der Waals surface area contributed by atoms with Crippen LogP contribution in [0.1, 0.15) is 5.56 Å². The Morgan fingerprint density at radius 1 is 0.964 bits per heavy atom. The monoisotopic (exact) mass is 394 g/mol. The van der Waals surface area contributed by atoms with Gasteiger partial charge in [-0.15, -0.1) is 0 Å². The molecule has 0 unspecified atom stereocenters. The third kappa shape index (κ3) is 3.37. The molecule has 4 rings (SSSR count). The van der Waals surface area contributed by atoms with Crippen molar-refractivity contribution in [3.63, 3.8) is 0 Å². The Hall–Kier alpha value is -3.16. The van der Waals surface area contributed by atoms with E-state index < -0.39 is 22.0 Å².